The van der Waals surface area contributed by atoms with Gasteiger partial charge in [-0.05, 0) is 42.8 Å². The number of hydrogen-bond donors (Lipinski definition) is 3. The number of rotatable bonds is 4. The highest BCUT2D eigenvalue weighted by atomic mass is 19.1. The zero-order valence-electron chi connectivity index (χ0n) is 12.0. The molecule has 0 radical (unpaired) electrons. The first-order chi connectivity index (χ1) is 10.5. The molecule has 0 heterocycles. The Morgan fingerprint density at radius 1 is 1.00 bits per heavy atom. The average molecular weight is 301 g/mol. The van der Waals surface area contributed by atoms with Crippen molar-refractivity contribution in [2.75, 3.05) is 17.2 Å². The van der Waals surface area contributed by atoms with Crippen LogP contribution in [0.15, 0.2) is 48.5 Å². The highest BCUT2D eigenvalue weighted by molar-refractivity contribution is 5.97. The molecule has 0 saturated heterocycles. The van der Waals surface area contributed by atoms with E-state index in [0.29, 0.717) is 11.4 Å². The number of urea groups is 1. The summed E-state index contributed by atoms with van der Waals surface area (Å²) in [5.41, 5.74) is 2.07. The molecular weight excluding hydrogens is 285 g/mol. The number of nitrogens with one attached hydrogen (secondary N) is 3. The second-order valence-electron chi connectivity index (χ2n) is 4.68. The van der Waals surface area contributed by atoms with E-state index >= 15 is 0 Å². The van der Waals surface area contributed by atoms with Gasteiger partial charge in [0.05, 0.1) is 6.54 Å². The van der Waals surface area contributed by atoms with Crippen LogP contribution in [-0.4, -0.2) is 18.5 Å². The number of hydrogen-bond acceptors (Lipinski definition) is 2. The van der Waals surface area contributed by atoms with Gasteiger partial charge in [0.15, 0.2) is 0 Å². The molecule has 114 valence electrons. The summed E-state index contributed by atoms with van der Waals surface area (Å²) in [6, 6.07) is 12.2. The molecule has 5 nitrogen and oxygen atoms in total. The largest absolute Gasteiger partial charge is 0.329 e. The second-order valence-corrected chi connectivity index (χ2v) is 4.68. The van der Waals surface area contributed by atoms with Crippen molar-refractivity contribution in [3.05, 3.63) is 59.9 Å². The van der Waals surface area contributed by atoms with E-state index in [1.165, 1.54) is 24.3 Å². The number of amides is 3. The summed E-state index contributed by atoms with van der Waals surface area (Å²) in [6.07, 6.45) is 0. The van der Waals surface area contributed by atoms with E-state index in [2.05, 4.69) is 16.0 Å². The van der Waals surface area contributed by atoms with E-state index < -0.39 is 11.9 Å². The topological polar surface area (TPSA) is 70.2 Å². The van der Waals surface area contributed by atoms with Crippen LogP contribution < -0.4 is 16.0 Å². The molecule has 0 bridgehead atoms. The summed E-state index contributed by atoms with van der Waals surface area (Å²) in [5.74, 6) is -0.778. The zero-order valence-corrected chi connectivity index (χ0v) is 12.0. The zero-order chi connectivity index (χ0) is 15.9. The Balaban J connectivity index is 1.79. The fraction of sp³-hybridized carbons (Fsp3) is 0.125. The summed E-state index contributed by atoms with van der Waals surface area (Å²) in [5, 5.41) is 7.66. The number of halogens is 1. The molecule has 0 aromatic heterocycles. The molecule has 0 atom stereocenters. The van der Waals surface area contributed by atoms with Crippen LogP contribution in [0.5, 0.6) is 0 Å². The Kier molecular flexibility index (Phi) is 5.08. The van der Waals surface area contributed by atoms with E-state index in [9.17, 15) is 14.0 Å². The molecule has 2 aromatic carbocycles. The van der Waals surface area contributed by atoms with Gasteiger partial charge < -0.3 is 16.0 Å². The maximum Gasteiger partial charge on any atom is 0.319 e. The molecule has 22 heavy (non-hydrogen) atoms. The lowest BCUT2D eigenvalue weighted by Gasteiger charge is -2.10. The summed E-state index contributed by atoms with van der Waals surface area (Å²) < 4.78 is 12.7. The maximum absolute atomic E-state index is 12.7. The Hall–Kier alpha value is -2.89. The van der Waals surface area contributed by atoms with Crippen LogP contribution in [0, 0.1) is 12.7 Å². The van der Waals surface area contributed by atoms with Crippen molar-refractivity contribution in [2.24, 2.45) is 0 Å². The standard InChI is InChI=1S/C16H16FN3O2/c1-11-4-2-3-5-14(11)20-16(22)18-10-15(21)19-13-8-6-12(17)7-9-13/h2-9H,10H2,1H3,(H,19,21)(H2,18,20,22). The molecule has 0 fully saturated rings. The summed E-state index contributed by atoms with van der Waals surface area (Å²) in [7, 11) is 0. The molecule has 3 amide bonds. The van der Waals surface area contributed by atoms with Crippen LogP contribution in [0.25, 0.3) is 0 Å². The van der Waals surface area contributed by atoms with E-state index in [0.717, 1.165) is 5.56 Å². The van der Waals surface area contributed by atoms with Crippen molar-refractivity contribution in [1.29, 1.82) is 0 Å². The summed E-state index contributed by atoms with van der Waals surface area (Å²) >= 11 is 0. The van der Waals surface area contributed by atoms with E-state index in [-0.39, 0.29) is 12.4 Å². The Morgan fingerprint density at radius 2 is 1.68 bits per heavy atom. The third-order valence-electron chi connectivity index (χ3n) is 2.93. The van der Waals surface area contributed by atoms with Gasteiger partial charge in [-0.25, -0.2) is 9.18 Å². The third-order valence-corrected chi connectivity index (χ3v) is 2.93. The minimum atomic E-state index is -0.469. The number of para-hydroxylation sites is 1. The van der Waals surface area contributed by atoms with Gasteiger partial charge in [-0.3, -0.25) is 4.79 Å². The molecular formula is C16H16FN3O2. The maximum atomic E-state index is 12.7. The van der Waals surface area contributed by atoms with Gasteiger partial charge in [0.2, 0.25) is 5.91 Å². The quantitative estimate of drug-likeness (QED) is 0.812. The number of aryl methyl sites for hydroxylation is 1. The van der Waals surface area contributed by atoms with Crippen LogP contribution in [0.4, 0.5) is 20.6 Å². The smallest absolute Gasteiger partial charge is 0.319 e. The minimum absolute atomic E-state index is 0.185. The molecule has 2 rings (SSSR count). The molecule has 6 heteroatoms. The lowest BCUT2D eigenvalue weighted by atomic mass is 10.2. The van der Waals surface area contributed by atoms with Crippen LogP contribution in [0.3, 0.4) is 0 Å². The van der Waals surface area contributed by atoms with Gasteiger partial charge in [-0.2, -0.15) is 0 Å². The highest BCUT2D eigenvalue weighted by Crippen LogP contribution is 2.12. The summed E-state index contributed by atoms with van der Waals surface area (Å²) in [4.78, 5) is 23.4. The van der Waals surface area contributed by atoms with Crippen molar-refractivity contribution >= 4 is 23.3 Å². The monoisotopic (exact) mass is 301 g/mol. The molecule has 0 aliphatic heterocycles. The lowest BCUT2D eigenvalue weighted by Crippen LogP contribution is -2.35. The number of anilines is 2. The van der Waals surface area contributed by atoms with Crippen LogP contribution >= 0.6 is 0 Å². The van der Waals surface area contributed by atoms with Crippen molar-refractivity contribution in [3.63, 3.8) is 0 Å². The number of carbonyl (C=O) groups is 2. The first-order valence-corrected chi connectivity index (χ1v) is 6.70. The van der Waals surface area contributed by atoms with Gasteiger partial charge >= 0.3 is 6.03 Å². The van der Waals surface area contributed by atoms with Crippen molar-refractivity contribution in [3.8, 4) is 0 Å². The van der Waals surface area contributed by atoms with Crippen molar-refractivity contribution in [1.82, 2.24) is 5.32 Å². The SMILES string of the molecule is Cc1ccccc1NC(=O)NCC(=O)Nc1ccc(F)cc1. The lowest BCUT2D eigenvalue weighted by molar-refractivity contribution is -0.115. The first kappa shape index (κ1) is 15.5. The van der Waals surface area contributed by atoms with Gasteiger partial charge in [0.25, 0.3) is 0 Å². The first-order valence-electron chi connectivity index (χ1n) is 6.70. The van der Waals surface area contributed by atoms with Crippen LogP contribution in [-0.2, 0) is 4.79 Å². The molecule has 0 spiro atoms. The highest BCUT2D eigenvalue weighted by Gasteiger charge is 2.07. The van der Waals surface area contributed by atoms with Gasteiger partial charge in [-0.1, -0.05) is 18.2 Å². The minimum Gasteiger partial charge on any atom is -0.329 e. The Bertz CT molecular complexity index is 671. The second kappa shape index (κ2) is 7.21. The van der Waals surface area contributed by atoms with Gasteiger partial charge in [0.1, 0.15) is 5.82 Å². The molecule has 0 unspecified atom stereocenters. The molecule has 0 aliphatic rings. The predicted molar refractivity (Wildman–Crippen MR) is 83.2 cm³/mol. The van der Waals surface area contributed by atoms with Crippen LogP contribution in [0.1, 0.15) is 5.56 Å². The van der Waals surface area contributed by atoms with E-state index in [1.807, 2.05) is 25.1 Å². The average Bonchev–Trinajstić information content (AvgIpc) is 2.50. The van der Waals surface area contributed by atoms with E-state index in [1.54, 1.807) is 6.07 Å². The van der Waals surface area contributed by atoms with Gasteiger partial charge in [-0.15, -0.1) is 0 Å². The predicted octanol–water partition coefficient (Wildman–Crippen LogP) is 2.89. The van der Waals surface area contributed by atoms with Crippen molar-refractivity contribution < 1.29 is 14.0 Å². The molecule has 0 saturated carbocycles. The van der Waals surface area contributed by atoms with E-state index in [4.69, 9.17) is 0 Å². The number of benzene rings is 2. The normalized spacial score (nSPS) is 9.91. The molecule has 2 aromatic rings. The summed E-state index contributed by atoms with van der Waals surface area (Å²) in [6.45, 7) is 1.69. The molecule has 3 N–H and O–H groups in total. The van der Waals surface area contributed by atoms with Gasteiger partial charge in [0, 0.05) is 11.4 Å². The number of carbonyl (C=O) groups excluding carboxylic acids is 2. The van der Waals surface area contributed by atoms with Crippen LogP contribution in [0.2, 0.25) is 0 Å². The Labute approximate surface area is 127 Å². The fourth-order valence-electron chi connectivity index (χ4n) is 1.78. The van der Waals surface area contributed by atoms with Crippen molar-refractivity contribution in [2.45, 2.75) is 6.92 Å². The fourth-order valence-corrected chi connectivity index (χ4v) is 1.78. The molecule has 0 aliphatic carbocycles. The third kappa shape index (κ3) is 4.59. The Morgan fingerprint density at radius 3 is 2.36 bits per heavy atom.